The number of ether oxygens (including phenoxy) is 1. The molecule has 0 atom stereocenters. The quantitative estimate of drug-likeness (QED) is 0.944. The number of pyridine rings is 1. The van der Waals surface area contributed by atoms with Crippen LogP contribution in [0.4, 0.5) is 0 Å². The van der Waals surface area contributed by atoms with E-state index in [0.29, 0.717) is 12.1 Å². The molecule has 5 heteroatoms. The Morgan fingerprint density at radius 2 is 2.23 bits per heavy atom. The number of carbonyl (C=O) groups is 1. The standard InChI is InChI=1S/C17H23N3O2/c1-13-5-7-17(22-2,8-6-13)12-19-16(21)14-3-4-15-18-9-10-20(15)11-14/h3-4,9-11,13H,5-8,12H2,1-2H3,(H,19,21). The van der Waals surface area contributed by atoms with Gasteiger partial charge in [-0.2, -0.15) is 0 Å². The summed E-state index contributed by atoms with van der Waals surface area (Å²) in [5.41, 5.74) is 1.27. The zero-order valence-corrected chi connectivity index (χ0v) is 13.2. The molecule has 2 aromatic rings. The number of nitrogens with zero attached hydrogens (tertiary/aromatic N) is 2. The molecule has 0 radical (unpaired) electrons. The van der Waals surface area contributed by atoms with Gasteiger partial charge in [-0.05, 0) is 43.7 Å². The number of amides is 1. The highest BCUT2D eigenvalue weighted by Crippen LogP contribution is 2.33. The van der Waals surface area contributed by atoms with Crippen molar-refractivity contribution < 1.29 is 9.53 Å². The molecule has 1 aliphatic carbocycles. The third-order valence-corrected chi connectivity index (χ3v) is 4.84. The third-order valence-electron chi connectivity index (χ3n) is 4.84. The van der Waals surface area contributed by atoms with Crippen LogP contribution in [0.15, 0.2) is 30.7 Å². The summed E-state index contributed by atoms with van der Waals surface area (Å²) in [7, 11) is 1.75. The molecule has 1 saturated carbocycles. The maximum atomic E-state index is 12.4. The first-order valence-corrected chi connectivity index (χ1v) is 7.88. The summed E-state index contributed by atoms with van der Waals surface area (Å²) in [5, 5.41) is 3.03. The summed E-state index contributed by atoms with van der Waals surface area (Å²) in [6.45, 7) is 2.84. The summed E-state index contributed by atoms with van der Waals surface area (Å²) in [5.74, 6) is 0.688. The highest BCUT2D eigenvalue weighted by atomic mass is 16.5. The van der Waals surface area contributed by atoms with Crippen molar-refractivity contribution in [2.45, 2.75) is 38.2 Å². The lowest BCUT2D eigenvalue weighted by atomic mass is 9.79. The minimum atomic E-state index is -0.207. The van der Waals surface area contributed by atoms with Gasteiger partial charge in [0.05, 0.1) is 11.2 Å². The Labute approximate surface area is 130 Å². The van der Waals surface area contributed by atoms with Gasteiger partial charge in [0.1, 0.15) is 5.65 Å². The van der Waals surface area contributed by atoms with E-state index in [0.717, 1.165) is 37.2 Å². The summed E-state index contributed by atoms with van der Waals surface area (Å²) in [6, 6.07) is 3.66. The second-order valence-electron chi connectivity index (χ2n) is 6.36. The van der Waals surface area contributed by atoms with Crippen LogP contribution in [0.3, 0.4) is 0 Å². The number of hydrogen-bond donors (Lipinski definition) is 1. The number of hydrogen-bond acceptors (Lipinski definition) is 3. The molecule has 118 valence electrons. The van der Waals surface area contributed by atoms with Crippen molar-refractivity contribution in [3.8, 4) is 0 Å². The van der Waals surface area contributed by atoms with Crippen LogP contribution in [0.2, 0.25) is 0 Å². The zero-order valence-electron chi connectivity index (χ0n) is 13.2. The maximum absolute atomic E-state index is 12.4. The van der Waals surface area contributed by atoms with Crippen LogP contribution in [0.25, 0.3) is 5.65 Å². The van der Waals surface area contributed by atoms with Gasteiger partial charge in [-0.1, -0.05) is 6.92 Å². The van der Waals surface area contributed by atoms with Gasteiger partial charge in [-0.3, -0.25) is 4.79 Å². The summed E-state index contributed by atoms with van der Waals surface area (Å²) >= 11 is 0. The second kappa shape index (κ2) is 6.08. The minimum absolute atomic E-state index is 0.0642. The number of nitrogens with one attached hydrogen (secondary N) is 1. The van der Waals surface area contributed by atoms with Crippen LogP contribution >= 0.6 is 0 Å². The fourth-order valence-corrected chi connectivity index (χ4v) is 3.14. The fraction of sp³-hybridized carbons (Fsp3) is 0.529. The first-order valence-electron chi connectivity index (χ1n) is 7.88. The van der Waals surface area contributed by atoms with Crippen LogP contribution in [-0.4, -0.2) is 34.5 Å². The van der Waals surface area contributed by atoms with Crippen molar-refractivity contribution >= 4 is 11.6 Å². The highest BCUT2D eigenvalue weighted by Gasteiger charge is 2.34. The van der Waals surface area contributed by atoms with E-state index in [1.807, 2.05) is 16.7 Å². The van der Waals surface area contributed by atoms with E-state index in [4.69, 9.17) is 4.74 Å². The van der Waals surface area contributed by atoms with Crippen molar-refractivity contribution in [2.24, 2.45) is 5.92 Å². The number of methoxy groups -OCH3 is 1. The Bertz CT molecular complexity index is 657. The van der Waals surface area contributed by atoms with Crippen LogP contribution in [-0.2, 0) is 4.74 Å². The summed E-state index contributed by atoms with van der Waals surface area (Å²) in [6.07, 6.45) is 9.69. The smallest absolute Gasteiger partial charge is 0.252 e. The van der Waals surface area contributed by atoms with E-state index in [1.54, 1.807) is 25.6 Å². The van der Waals surface area contributed by atoms with Crippen molar-refractivity contribution in [3.05, 3.63) is 36.3 Å². The van der Waals surface area contributed by atoms with Gasteiger partial charge in [-0.25, -0.2) is 4.98 Å². The van der Waals surface area contributed by atoms with Gasteiger partial charge in [0.2, 0.25) is 0 Å². The van der Waals surface area contributed by atoms with Crippen molar-refractivity contribution in [1.29, 1.82) is 0 Å². The Balaban J connectivity index is 1.65. The van der Waals surface area contributed by atoms with Crippen molar-refractivity contribution in [2.75, 3.05) is 13.7 Å². The Kier molecular flexibility index (Phi) is 4.16. The van der Waals surface area contributed by atoms with Gasteiger partial charge in [0.25, 0.3) is 5.91 Å². The van der Waals surface area contributed by atoms with Crippen molar-refractivity contribution in [3.63, 3.8) is 0 Å². The Morgan fingerprint density at radius 1 is 1.45 bits per heavy atom. The van der Waals surface area contributed by atoms with Crippen LogP contribution in [0, 0.1) is 5.92 Å². The normalized spacial score (nSPS) is 25.3. The maximum Gasteiger partial charge on any atom is 0.252 e. The molecule has 0 spiro atoms. The van der Waals surface area contributed by atoms with Gasteiger partial charge in [0, 0.05) is 32.2 Å². The predicted octanol–water partition coefficient (Wildman–Crippen LogP) is 2.66. The lowest BCUT2D eigenvalue weighted by Gasteiger charge is -2.38. The van der Waals surface area contributed by atoms with Gasteiger partial charge < -0.3 is 14.5 Å². The van der Waals surface area contributed by atoms with Gasteiger partial charge in [0.15, 0.2) is 0 Å². The molecule has 2 heterocycles. The lowest BCUT2D eigenvalue weighted by Crippen LogP contribution is -2.46. The molecule has 1 N–H and O–H groups in total. The second-order valence-corrected chi connectivity index (χ2v) is 6.36. The fourth-order valence-electron chi connectivity index (χ4n) is 3.14. The first-order chi connectivity index (χ1) is 10.6. The molecule has 3 rings (SSSR count). The van der Waals surface area contributed by atoms with Crippen LogP contribution in [0.1, 0.15) is 43.0 Å². The molecule has 1 aliphatic rings. The van der Waals surface area contributed by atoms with Gasteiger partial charge >= 0.3 is 0 Å². The molecule has 0 unspecified atom stereocenters. The monoisotopic (exact) mass is 301 g/mol. The van der Waals surface area contributed by atoms with E-state index in [1.165, 1.54) is 0 Å². The largest absolute Gasteiger partial charge is 0.376 e. The summed E-state index contributed by atoms with van der Waals surface area (Å²) < 4.78 is 7.59. The van der Waals surface area contributed by atoms with E-state index < -0.39 is 0 Å². The molecule has 0 aromatic carbocycles. The molecule has 0 bridgehead atoms. The number of rotatable bonds is 4. The molecule has 1 amide bonds. The molecule has 5 nitrogen and oxygen atoms in total. The van der Waals surface area contributed by atoms with Crippen molar-refractivity contribution in [1.82, 2.24) is 14.7 Å². The van der Waals surface area contributed by atoms with Crippen LogP contribution < -0.4 is 5.32 Å². The molecule has 2 aromatic heterocycles. The van der Waals surface area contributed by atoms with E-state index in [-0.39, 0.29) is 11.5 Å². The van der Waals surface area contributed by atoms with E-state index in [2.05, 4.69) is 17.2 Å². The zero-order chi connectivity index (χ0) is 15.6. The Hall–Kier alpha value is -1.88. The predicted molar refractivity (Wildman–Crippen MR) is 84.9 cm³/mol. The number of fused-ring (bicyclic) bond motifs is 1. The molecule has 1 fully saturated rings. The Morgan fingerprint density at radius 3 is 2.95 bits per heavy atom. The highest BCUT2D eigenvalue weighted by molar-refractivity contribution is 5.94. The number of carbonyl (C=O) groups excluding carboxylic acids is 1. The molecular formula is C17H23N3O2. The van der Waals surface area contributed by atoms with E-state index in [9.17, 15) is 4.79 Å². The van der Waals surface area contributed by atoms with Gasteiger partial charge in [-0.15, -0.1) is 0 Å². The lowest BCUT2D eigenvalue weighted by molar-refractivity contribution is -0.0446. The average Bonchev–Trinajstić information content (AvgIpc) is 3.02. The third kappa shape index (κ3) is 2.99. The molecule has 22 heavy (non-hydrogen) atoms. The summed E-state index contributed by atoms with van der Waals surface area (Å²) in [4.78, 5) is 16.6. The topological polar surface area (TPSA) is 55.6 Å². The minimum Gasteiger partial charge on any atom is -0.376 e. The van der Waals surface area contributed by atoms with Crippen LogP contribution in [0.5, 0.6) is 0 Å². The molecule has 0 aliphatic heterocycles. The molecular weight excluding hydrogens is 278 g/mol. The van der Waals surface area contributed by atoms with E-state index >= 15 is 0 Å². The number of aromatic nitrogens is 2. The SMILES string of the molecule is COC1(CNC(=O)c2ccc3nccn3c2)CCC(C)CC1. The first kappa shape index (κ1) is 15.0. The number of imidazole rings is 1. The average molecular weight is 301 g/mol. The molecule has 0 saturated heterocycles.